The van der Waals surface area contributed by atoms with Gasteiger partial charge in [0, 0.05) is 10.4 Å². The number of rotatable bonds is 7. The molecule has 3 aliphatic heterocycles. The third-order valence-corrected chi connectivity index (χ3v) is 10.4. The second-order valence-corrected chi connectivity index (χ2v) is 12.5. The van der Waals surface area contributed by atoms with Crippen LogP contribution in [0.5, 0.6) is 0 Å². The Morgan fingerprint density at radius 2 is 1.81 bits per heavy atom. The van der Waals surface area contributed by atoms with E-state index in [1.807, 2.05) is 69.3 Å². The van der Waals surface area contributed by atoms with Gasteiger partial charge in [0.2, 0.25) is 11.8 Å². The summed E-state index contributed by atoms with van der Waals surface area (Å²) in [6.07, 6.45) is 1.34. The van der Waals surface area contributed by atoms with E-state index in [0.29, 0.717) is 12.8 Å². The van der Waals surface area contributed by atoms with Crippen molar-refractivity contribution >= 4 is 35.2 Å². The third kappa shape index (κ3) is 3.87. The van der Waals surface area contributed by atoms with Gasteiger partial charge in [-0.25, -0.2) is 0 Å². The van der Waals surface area contributed by atoms with Crippen molar-refractivity contribution in [3.05, 3.63) is 65.2 Å². The van der Waals surface area contributed by atoms with Crippen molar-refractivity contribution in [3.63, 3.8) is 0 Å². The van der Waals surface area contributed by atoms with Crippen molar-refractivity contribution in [2.75, 3.05) is 18.5 Å². The summed E-state index contributed by atoms with van der Waals surface area (Å²) >= 11 is 1.59. The lowest BCUT2D eigenvalue weighted by Crippen LogP contribution is -2.52. The van der Waals surface area contributed by atoms with Crippen LogP contribution in [0.25, 0.3) is 0 Å². The fourth-order valence-corrected chi connectivity index (χ4v) is 9.15. The van der Waals surface area contributed by atoms with Crippen LogP contribution in [0.4, 0.5) is 5.69 Å². The van der Waals surface area contributed by atoms with Gasteiger partial charge < -0.3 is 20.1 Å². The van der Waals surface area contributed by atoms with E-state index in [-0.39, 0.29) is 31.0 Å². The van der Waals surface area contributed by atoms with E-state index in [1.165, 1.54) is 0 Å². The molecule has 2 aromatic rings. The summed E-state index contributed by atoms with van der Waals surface area (Å²) in [6, 6.07) is 13.5. The maximum atomic E-state index is 14.3. The topological polar surface area (TPSA) is 95.9 Å². The summed E-state index contributed by atoms with van der Waals surface area (Å²) in [5.74, 6) is -2.27. The molecule has 3 heterocycles. The molecule has 2 bridgehead atoms. The summed E-state index contributed by atoms with van der Waals surface area (Å²) in [6.45, 7) is 7.55. The Bertz CT molecular complexity index is 1220. The van der Waals surface area contributed by atoms with Crippen LogP contribution in [0.15, 0.2) is 48.5 Å². The minimum absolute atomic E-state index is 0.230. The number of thioether (sulfide) groups is 1. The summed E-state index contributed by atoms with van der Waals surface area (Å²) < 4.78 is 4.18. The lowest BCUT2D eigenvalue weighted by Gasteiger charge is -2.37. The number of aryl methyl sites for hydroxylation is 2. The van der Waals surface area contributed by atoms with Gasteiger partial charge in [0.15, 0.2) is 0 Å². The highest BCUT2D eigenvalue weighted by Gasteiger charge is 2.78. The van der Waals surface area contributed by atoms with E-state index in [1.54, 1.807) is 23.6 Å². The van der Waals surface area contributed by atoms with Crippen molar-refractivity contribution in [2.45, 2.75) is 62.1 Å². The number of carbonyl (C=O) groups is 3. The maximum Gasteiger partial charge on any atom is 0.311 e. The van der Waals surface area contributed by atoms with E-state index in [9.17, 15) is 19.5 Å². The molecule has 196 valence electrons. The lowest BCUT2D eigenvalue weighted by molar-refractivity contribution is -0.155. The summed E-state index contributed by atoms with van der Waals surface area (Å²) in [5, 5.41) is 13.7. The molecular formula is C29H34N2O5S. The largest absolute Gasteiger partial charge is 0.466 e. The van der Waals surface area contributed by atoms with Gasteiger partial charge >= 0.3 is 5.97 Å². The summed E-state index contributed by atoms with van der Waals surface area (Å²) in [7, 11) is 0. The molecule has 0 radical (unpaired) electrons. The number of nitrogens with one attached hydrogen (secondary N) is 1. The highest BCUT2D eigenvalue weighted by atomic mass is 32.2. The summed E-state index contributed by atoms with van der Waals surface area (Å²) in [5.41, 5.74) is 3.34. The highest BCUT2D eigenvalue weighted by Crippen LogP contribution is 2.72. The fourth-order valence-electron chi connectivity index (χ4n) is 6.82. The highest BCUT2D eigenvalue weighted by molar-refractivity contribution is 8.02. The molecule has 1 spiro atoms. The van der Waals surface area contributed by atoms with Gasteiger partial charge in [-0.2, -0.15) is 0 Å². The maximum absolute atomic E-state index is 14.3. The van der Waals surface area contributed by atoms with Crippen LogP contribution in [0.3, 0.4) is 0 Å². The van der Waals surface area contributed by atoms with Crippen LogP contribution in [0.1, 0.15) is 49.4 Å². The van der Waals surface area contributed by atoms with Crippen LogP contribution in [0.2, 0.25) is 0 Å². The number of nitrogens with zero attached hydrogens (tertiary/aromatic N) is 1. The number of hydrogen-bond donors (Lipinski definition) is 2. The zero-order valence-electron chi connectivity index (χ0n) is 21.7. The SMILES string of the molecule is CCOC(=O)[C@@H]1[C@H]2C(=O)N([C@H](CO)c3ccccc3)C(C(=O)Nc3c(C)cccc3C)C23CC[C@@]1(C)S3. The number of para-hydroxylation sites is 1. The van der Waals surface area contributed by atoms with Crippen LogP contribution in [0, 0.1) is 25.7 Å². The second-order valence-electron chi connectivity index (χ2n) is 10.6. The van der Waals surface area contributed by atoms with Gasteiger partial charge in [0.25, 0.3) is 0 Å². The Balaban J connectivity index is 1.63. The van der Waals surface area contributed by atoms with Crippen molar-refractivity contribution in [3.8, 4) is 0 Å². The molecule has 3 saturated heterocycles. The number of amides is 2. The molecule has 2 aromatic carbocycles. The van der Waals surface area contributed by atoms with Gasteiger partial charge in [-0.3, -0.25) is 14.4 Å². The van der Waals surface area contributed by atoms with E-state index >= 15 is 0 Å². The molecule has 2 unspecified atom stereocenters. The number of anilines is 1. The van der Waals surface area contributed by atoms with Crippen LogP contribution in [-0.4, -0.2) is 56.5 Å². The van der Waals surface area contributed by atoms with E-state index in [4.69, 9.17) is 4.74 Å². The smallest absolute Gasteiger partial charge is 0.311 e. The normalized spacial score (nSPS) is 30.8. The zero-order valence-corrected chi connectivity index (χ0v) is 22.5. The molecule has 2 amide bonds. The molecule has 6 atom stereocenters. The quantitative estimate of drug-likeness (QED) is 0.534. The average molecular weight is 523 g/mol. The Morgan fingerprint density at radius 3 is 2.43 bits per heavy atom. The first kappa shape index (κ1) is 25.8. The first-order valence-corrected chi connectivity index (χ1v) is 13.7. The lowest BCUT2D eigenvalue weighted by atomic mass is 9.66. The van der Waals surface area contributed by atoms with Gasteiger partial charge in [-0.1, -0.05) is 48.5 Å². The first-order chi connectivity index (χ1) is 17.7. The van der Waals surface area contributed by atoms with Crippen LogP contribution >= 0.6 is 11.8 Å². The van der Waals surface area contributed by atoms with Gasteiger partial charge in [-0.15, -0.1) is 11.8 Å². The predicted octanol–water partition coefficient (Wildman–Crippen LogP) is 4.02. The van der Waals surface area contributed by atoms with E-state index < -0.39 is 33.4 Å². The number of carbonyl (C=O) groups excluding carboxylic acids is 3. The van der Waals surface area contributed by atoms with E-state index in [2.05, 4.69) is 5.32 Å². The fraction of sp³-hybridized carbons (Fsp3) is 0.483. The van der Waals surface area contributed by atoms with E-state index in [0.717, 1.165) is 22.4 Å². The Morgan fingerprint density at radius 1 is 1.14 bits per heavy atom. The molecule has 8 heteroatoms. The minimum Gasteiger partial charge on any atom is -0.466 e. The van der Waals surface area contributed by atoms with Crippen molar-refractivity contribution in [1.82, 2.24) is 4.90 Å². The zero-order chi connectivity index (χ0) is 26.5. The van der Waals surface area contributed by atoms with Gasteiger partial charge in [-0.05, 0) is 57.2 Å². The number of ether oxygens (including phenoxy) is 1. The molecule has 0 saturated carbocycles. The van der Waals surface area contributed by atoms with Crippen LogP contribution < -0.4 is 5.32 Å². The molecule has 3 fully saturated rings. The number of fused-ring (bicyclic) bond motifs is 1. The number of likely N-dealkylation sites (tertiary alicyclic amines) is 1. The van der Waals surface area contributed by atoms with Crippen LogP contribution in [-0.2, 0) is 19.1 Å². The number of hydrogen-bond acceptors (Lipinski definition) is 6. The average Bonchev–Trinajstić information content (AvgIpc) is 3.44. The van der Waals surface area contributed by atoms with Gasteiger partial charge in [0.1, 0.15) is 6.04 Å². The Labute approximate surface area is 222 Å². The second kappa shape index (κ2) is 9.48. The monoisotopic (exact) mass is 522 g/mol. The first-order valence-electron chi connectivity index (χ1n) is 12.9. The Kier molecular flexibility index (Phi) is 6.61. The third-order valence-electron chi connectivity index (χ3n) is 8.43. The number of aliphatic hydroxyl groups excluding tert-OH is 1. The van der Waals surface area contributed by atoms with Gasteiger partial charge in [0.05, 0.1) is 35.8 Å². The number of benzene rings is 2. The molecule has 0 aliphatic carbocycles. The van der Waals surface area contributed by atoms with Crippen molar-refractivity contribution in [2.24, 2.45) is 11.8 Å². The number of esters is 1. The molecule has 37 heavy (non-hydrogen) atoms. The standard InChI is InChI=1S/C29H34N2O5S/c1-5-36-27(35)22-21-26(34)31(20(16-32)19-12-7-6-8-13-19)24(29(21)15-14-28(22,4)37-29)25(33)30-23-17(2)10-9-11-18(23)3/h6-13,20-22,24,32H,5,14-16H2,1-4H3,(H,30,33)/t20-,21+,22+,24?,28-,29?/m1/s1. The molecule has 2 N–H and O–H groups in total. The molecule has 0 aromatic heterocycles. The molecule has 7 nitrogen and oxygen atoms in total. The molecule has 5 rings (SSSR count). The van der Waals surface area contributed by atoms with Crippen molar-refractivity contribution < 1.29 is 24.2 Å². The molecular weight excluding hydrogens is 488 g/mol. The minimum atomic E-state index is -0.854. The summed E-state index contributed by atoms with van der Waals surface area (Å²) in [4.78, 5) is 43.4. The predicted molar refractivity (Wildman–Crippen MR) is 143 cm³/mol. The number of aliphatic hydroxyl groups is 1. The molecule has 3 aliphatic rings. The van der Waals surface area contributed by atoms with Crippen molar-refractivity contribution in [1.29, 1.82) is 0 Å². The Hall–Kier alpha value is -2.84.